The maximum Gasteiger partial charge on any atom is 0.0845 e. The van der Waals surface area contributed by atoms with Crippen molar-refractivity contribution in [1.29, 1.82) is 0 Å². The number of para-hydroxylation sites is 1. The van der Waals surface area contributed by atoms with Crippen molar-refractivity contribution >= 4 is 22.2 Å². The summed E-state index contributed by atoms with van der Waals surface area (Å²) >= 11 is 1.77. The molecule has 2 aromatic heterocycles. The maximum absolute atomic E-state index is 4.79. The van der Waals surface area contributed by atoms with Crippen LogP contribution in [0.15, 0.2) is 53.9 Å². The lowest BCUT2D eigenvalue weighted by Crippen LogP contribution is -2.22. The number of fused-ring (bicyclic) bond motifs is 1. The van der Waals surface area contributed by atoms with Crippen LogP contribution in [0.25, 0.3) is 10.9 Å². The van der Waals surface area contributed by atoms with Crippen molar-refractivity contribution in [1.82, 2.24) is 10.3 Å². The summed E-state index contributed by atoms with van der Waals surface area (Å²) in [6.07, 6.45) is 0. The van der Waals surface area contributed by atoms with Crippen LogP contribution in [0.3, 0.4) is 0 Å². The number of nitrogens with zero attached hydrogens (tertiary/aromatic N) is 1. The summed E-state index contributed by atoms with van der Waals surface area (Å²) in [5.74, 6) is 0. The van der Waals surface area contributed by atoms with Crippen LogP contribution in [-0.4, -0.2) is 11.5 Å². The van der Waals surface area contributed by atoms with E-state index in [0.717, 1.165) is 17.8 Å². The Bertz CT molecular complexity index is 661. The van der Waals surface area contributed by atoms with Crippen LogP contribution in [0.1, 0.15) is 23.5 Å². The second-order valence-corrected chi connectivity index (χ2v) is 5.41. The molecule has 3 heteroatoms. The Morgan fingerprint density at radius 3 is 2.79 bits per heavy atom. The highest BCUT2D eigenvalue weighted by Gasteiger charge is 2.15. The van der Waals surface area contributed by atoms with E-state index >= 15 is 0 Å². The molecule has 0 aliphatic rings. The Hall–Kier alpha value is -1.71. The second-order valence-electron chi connectivity index (χ2n) is 4.43. The van der Waals surface area contributed by atoms with Crippen LogP contribution >= 0.6 is 11.3 Å². The van der Waals surface area contributed by atoms with Crippen molar-refractivity contribution in [3.8, 4) is 0 Å². The lowest BCUT2D eigenvalue weighted by molar-refractivity contribution is 0.626. The molecule has 1 atom stereocenters. The Balaban J connectivity index is 2.05. The average molecular weight is 268 g/mol. The van der Waals surface area contributed by atoms with E-state index in [9.17, 15) is 0 Å². The van der Waals surface area contributed by atoms with Gasteiger partial charge in [0.2, 0.25) is 0 Å². The highest BCUT2D eigenvalue weighted by atomic mass is 32.1. The van der Waals surface area contributed by atoms with E-state index in [1.807, 2.05) is 12.1 Å². The summed E-state index contributed by atoms with van der Waals surface area (Å²) in [6.45, 7) is 3.05. The average Bonchev–Trinajstić information content (AvgIpc) is 2.98. The Kier molecular flexibility index (Phi) is 3.58. The predicted octanol–water partition coefficient (Wildman–Crippen LogP) is 4.00. The summed E-state index contributed by atoms with van der Waals surface area (Å²) in [5, 5.41) is 6.81. The highest BCUT2D eigenvalue weighted by molar-refractivity contribution is 7.10. The standard InChI is InChI=1S/C16H16N2S/c1-2-17-16(15-8-5-11-19-15)14-10-9-12-6-3-4-7-13(12)18-14/h3-11,16-17H,2H2,1H3. The minimum atomic E-state index is 0.189. The molecular weight excluding hydrogens is 252 g/mol. The molecule has 19 heavy (non-hydrogen) atoms. The molecule has 0 radical (unpaired) electrons. The van der Waals surface area contributed by atoms with Gasteiger partial charge in [-0.15, -0.1) is 11.3 Å². The van der Waals surface area contributed by atoms with Crippen molar-refractivity contribution in [3.63, 3.8) is 0 Å². The van der Waals surface area contributed by atoms with Crippen LogP contribution in [0.2, 0.25) is 0 Å². The lowest BCUT2D eigenvalue weighted by Gasteiger charge is -2.16. The first-order chi connectivity index (χ1) is 9.38. The number of hydrogen-bond acceptors (Lipinski definition) is 3. The number of hydrogen-bond donors (Lipinski definition) is 1. The van der Waals surface area contributed by atoms with Gasteiger partial charge in [-0.2, -0.15) is 0 Å². The summed E-state index contributed by atoms with van der Waals surface area (Å²) in [4.78, 5) is 6.10. The van der Waals surface area contributed by atoms with E-state index in [1.54, 1.807) is 11.3 Å². The van der Waals surface area contributed by atoms with Gasteiger partial charge in [0.15, 0.2) is 0 Å². The van der Waals surface area contributed by atoms with Crippen LogP contribution in [-0.2, 0) is 0 Å². The molecule has 0 spiro atoms. The molecule has 0 bridgehead atoms. The summed E-state index contributed by atoms with van der Waals surface area (Å²) < 4.78 is 0. The van der Waals surface area contributed by atoms with Gasteiger partial charge >= 0.3 is 0 Å². The zero-order valence-electron chi connectivity index (χ0n) is 10.8. The van der Waals surface area contributed by atoms with Crippen molar-refractivity contribution in [2.45, 2.75) is 13.0 Å². The quantitative estimate of drug-likeness (QED) is 0.773. The van der Waals surface area contributed by atoms with Crippen LogP contribution in [0.4, 0.5) is 0 Å². The third-order valence-corrected chi connectivity index (χ3v) is 4.09. The molecule has 1 unspecified atom stereocenters. The predicted molar refractivity (Wildman–Crippen MR) is 81.6 cm³/mol. The zero-order chi connectivity index (χ0) is 13.1. The molecule has 0 amide bonds. The SMILES string of the molecule is CCNC(c1ccc2ccccc2n1)c1cccs1. The molecule has 2 heterocycles. The molecule has 96 valence electrons. The topological polar surface area (TPSA) is 24.9 Å². The molecule has 1 N–H and O–H groups in total. The van der Waals surface area contributed by atoms with E-state index in [2.05, 4.69) is 54.0 Å². The summed E-state index contributed by atoms with van der Waals surface area (Å²) in [6, 6.07) is 17.0. The molecule has 2 nitrogen and oxygen atoms in total. The fraction of sp³-hybridized carbons (Fsp3) is 0.188. The maximum atomic E-state index is 4.79. The number of thiophene rings is 1. The van der Waals surface area contributed by atoms with Crippen molar-refractivity contribution in [3.05, 3.63) is 64.5 Å². The van der Waals surface area contributed by atoms with Gasteiger partial charge in [-0.25, -0.2) is 0 Å². The van der Waals surface area contributed by atoms with Gasteiger partial charge in [0.05, 0.1) is 17.3 Å². The number of nitrogens with one attached hydrogen (secondary N) is 1. The Morgan fingerprint density at radius 1 is 1.11 bits per heavy atom. The lowest BCUT2D eigenvalue weighted by atomic mass is 10.1. The first-order valence-electron chi connectivity index (χ1n) is 6.51. The third kappa shape index (κ3) is 2.53. The van der Waals surface area contributed by atoms with Gasteiger partial charge in [-0.1, -0.05) is 37.3 Å². The fourth-order valence-electron chi connectivity index (χ4n) is 2.25. The molecule has 0 aliphatic heterocycles. The first-order valence-corrected chi connectivity index (χ1v) is 7.39. The first kappa shape index (κ1) is 12.3. The Labute approximate surface area is 117 Å². The molecule has 0 fully saturated rings. The van der Waals surface area contributed by atoms with Gasteiger partial charge in [-0.05, 0) is 30.1 Å². The molecule has 0 saturated carbocycles. The zero-order valence-corrected chi connectivity index (χ0v) is 11.7. The van der Waals surface area contributed by atoms with Gasteiger partial charge in [0.1, 0.15) is 0 Å². The van der Waals surface area contributed by atoms with Gasteiger partial charge in [0, 0.05) is 10.3 Å². The van der Waals surface area contributed by atoms with Gasteiger partial charge < -0.3 is 5.32 Å². The van der Waals surface area contributed by atoms with Gasteiger partial charge in [-0.3, -0.25) is 4.98 Å². The third-order valence-electron chi connectivity index (χ3n) is 3.15. The number of benzene rings is 1. The number of pyridine rings is 1. The molecule has 1 aromatic carbocycles. The Morgan fingerprint density at radius 2 is 2.00 bits per heavy atom. The van der Waals surface area contributed by atoms with E-state index in [0.29, 0.717) is 0 Å². The van der Waals surface area contributed by atoms with Crippen LogP contribution in [0, 0.1) is 0 Å². The van der Waals surface area contributed by atoms with Crippen molar-refractivity contribution in [2.75, 3.05) is 6.54 Å². The minimum Gasteiger partial charge on any atom is -0.305 e. The van der Waals surface area contributed by atoms with E-state index in [1.165, 1.54) is 10.3 Å². The molecular formula is C16H16N2S. The van der Waals surface area contributed by atoms with Crippen LogP contribution < -0.4 is 5.32 Å². The largest absolute Gasteiger partial charge is 0.305 e. The molecule has 3 rings (SSSR count). The molecule has 3 aromatic rings. The summed E-state index contributed by atoms with van der Waals surface area (Å²) in [5.41, 5.74) is 2.14. The highest BCUT2D eigenvalue weighted by Crippen LogP contribution is 2.26. The molecule has 0 aliphatic carbocycles. The summed E-state index contributed by atoms with van der Waals surface area (Å²) in [7, 11) is 0. The second kappa shape index (κ2) is 5.51. The van der Waals surface area contributed by atoms with Crippen molar-refractivity contribution < 1.29 is 0 Å². The smallest absolute Gasteiger partial charge is 0.0845 e. The fourth-order valence-corrected chi connectivity index (χ4v) is 3.06. The normalized spacial score (nSPS) is 12.7. The van der Waals surface area contributed by atoms with E-state index in [4.69, 9.17) is 4.98 Å². The van der Waals surface area contributed by atoms with Crippen LogP contribution in [0.5, 0.6) is 0 Å². The molecule has 0 saturated heterocycles. The van der Waals surface area contributed by atoms with Gasteiger partial charge in [0.25, 0.3) is 0 Å². The van der Waals surface area contributed by atoms with Crippen molar-refractivity contribution in [2.24, 2.45) is 0 Å². The minimum absolute atomic E-state index is 0.189. The van der Waals surface area contributed by atoms with E-state index in [-0.39, 0.29) is 6.04 Å². The number of aromatic nitrogens is 1. The number of rotatable bonds is 4. The van der Waals surface area contributed by atoms with E-state index < -0.39 is 0 Å². The monoisotopic (exact) mass is 268 g/mol.